The zero-order chi connectivity index (χ0) is 23.1. The SMILES string of the molecule is COc1ccc(/C=N\NC(=O)c2ccc(NC(C)=O)cc2)cc1Cn1cc([N+](=O)[O-])cn1. The number of ether oxygens (including phenoxy) is 1. The van der Waals surface area contributed by atoms with Crippen LogP contribution in [0.25, 0.3) is 0 Å². The maximum atomic E-state index is 12.2. The minimum Gasteiger partial charge on any atom is -0.496 e. The van der Waals surface area contributed by atoms with Crippen LogP contribution >= 0.6 is 0 Å². The summed E-state index contributed by atoms with van der Waals surface area (Å²) in [6.07, 6.45) is 3.98. The number of methoxy groups -OCH3 is 1. The molecule has 0 aliphatic heterocycles. The van der Waals surface area contributed by atoms with Crippen molar-refractivity contribution in [1.82, 2.24) is 15.2 Å². The molecule has 0 aliphatic carbocycles. The predicted molar refractivity (Wildman–Crippen MR) is 117 cm³/mol. The maximum Gasteiger partial charge on any atom is 0.307 e. The average molecular weight is 436 g/mol. The molecule has 0 aliphatic rings. The monoisotopic (exact) mass is 436 g/mol. The molecule has 2 aromatic carbocycles. The fourth-order valence-corrected chi connectivity index (χ4v) is 2.85. The molecular formula is C21H20N6O5. The Kier molecular flexibility index (Phi) is 6.91. The molecule has 0 radical (unpaired) electrons. The highest BCUT2D eigenvalue weighted by atomic mass is 16.6. The molecule has 11 heteroatoms. The lowest BCUT2D eigenvalue weighted by Gasteiger charge is -2.09. The molecule has 0 fully saturated rings. The molecule has 32 heavy (non-hydrogen) atoms. The van der Waals surface area contributed by atoms with Crippen molar-refractivity contribution < 1.29 is 19.2 Å². The van der Waals surface area contributed by atoms with Gasteiger partial charge in [0.2, 0.25) is 5.91 Å². The van der Waals surface area contributed by atoms with Crippen molar-refractivity contribution in [3.05, 3.63) is 81.7 Å². The first-order valence-electron chi connectivity index (χ1n) is 9.40. The highest BCUT2D eigenvalue weighted by Crippen LogP contribution is 2.21. The molecule has 0 bridgehead atoms. The number of hydrogen-bond acceptors (Lipinski definition) is 7. The standard InChI is InChI=1S/C21H20N6O5/c1-14(28)24-18-6-4-16(5-7-18)21(29)25-22-10-15-3-8-20(32-2)17(9-15)12-26-13-19(11-23-26)27(30)31/h3-11,13H,12H2,1-2H3,(H,24,28)(H,25,29)/b22-10-. The molecule has 0 atom stereocenters. The molecule has 1 heterocycles. The van der Waals surface area contributed by atoms with E-state index < -0.39 is 10.8 Å². The van der Waals surface area contributed by atoms with E-state index in [1.165, 1.54) is 37.3 Å². The van der Waals surface area contributed by atoms with E-state index in [-0.39, 0.29) is 18.1 Å². The van der Waals surface area contributed by atoms with Gasteiger partial charge in [0.15, 0.2) is 0 Å². The Labute approximate surface area is 182 Å². The number of benzene rings is 2. The van der Waals surface area contributed by atoms with Crippen molar-refractivity contribution in [1.29, 1.82) is 0 Å². The predicted octanol–water partition coefficient (Wildman–Crippen LogP) is 2.57. The Bertz CT molecular complexity index is 1170. The van der Waals surface area contributed by atoms with Gasteiger partial charge in [-0.1, -0.05) is 0 Å². The van der Waals surface area contributed by atoms with Gasteiger partial charge in [-0.2, -0.15) is 10.2 Å². The maximum absolute atomic E-state index is 12.2. The summed E-state index contributed by atoms with van der Waals surface area (Å²) >= 11 is 0. The first kappa shape index (κ1) is 22.2. The number of nitro groups is 1. The summed E-state index contributed by atoms with van der Waals surface area (Å²) in [4.78, 5) is 33.6. The van der Waals surface area contributed by atoms with Crippen LogP contribution in [0.1, 0.15) is 28.4 Å². The first-order valence-corrected chi connectivity index (χ1v) is 9.40. The van der Waals surface area contributed by atoms with Crippen LogP contribution in [0.2, 0.25) is 0 Å². The second-order valence-corrected chi connectivity index (χ2v) is 6.68. The van der Waals surface area contributed by atoms with Crippen LogP contribution in [0.3, 0.4) is 0 Å². The lowest BCUT2D eigenvalue weighted by molar-refractivity contribution is -0.385. The van der Waals surface area contributed by atoms with Gasteiger partial charge in [-0.3, -0.25) is 24.4 Å². The van der Waals surface area contributed by atoms with Crippen molar-refractivity contribution in [2.24, 2.45) is 5.10 Å². The molecule has 3 rings (SSSR count). The number of anilines is 1. The zero-order valence-corrected chi connectivity index (χ0v) is 17.3. The van der Waals surface area contributed by atoms with Crippen LogP contribution in [-0.4, -0.2) is 39.8 Å². The molecule has 0 saturated heterocycles. The number of aromatic nitrogens is 2. The van der Waals surface area contributed by atoms with Crippen LogP contribution in [0.15, 0.2) is 60.0 Å². The van der Waals surface area contributed by atoms with Gasteiger partial charge in [-0.25, -0.2) is 5.43 Å². The number of nitrogens with zero attached hydrogens (tertiary/aromatic N) is 4. The molecular weight excluding hydrogens is 416 g/mol. The zero-order valence-electron chi connectivity index (χ0n) is 17.3. The van der Waals surface area contributed by atoms with Gasteiger partial charge in [0.1, 0.15) is 18.1 Å². The third kappa shape index (κ3) is 5.75. The van der Waals surface area contributed by atoms with Gasteiger partial charge >= 0.3 is 5.69 Å². The smallest absolute Gasteiger partial charge is 0.307 e. The normalized spacial score (nSPS) is 10.7. The molecule has 0 saturated carbocycles. The van der Waals surface area contributed by atoms with E-state index in [4.69, 9.17) is 4.74 Å². The number of nitrogens with one attached hydrogen (secondary N) is 2. The Morgan fingerprint density at radius 3 is 2.62 bits per heavy atom. The van der Waals surface area contributed by atoms with Gasteiger partial charge in [-0.05, 0) is 48.0 Å². The Morgan fingerprint density at radius 1 is 1.25 bits per heavy atom. The minimum absolute atomic E-state index is 0.102. The first-order chi connectivity index (χ1) is 15.4. The number of carbonyl (C=O) groups is 2. The van der Waals surface area contributed by atoms with Gasteiger partial charge in [-0.15, -0.1) is 0 Å². The number of rotatable bonds is 8. The number of hydrazone groups is 1. The van der Waals surface area contributed by atoms with Crippen LogP contribution in [-0.2, 0) is 11.3 Å². The number of amides is 2. The van der Waals surface area contributed by atoms with Gasteiger partial charge < -0.3 is 10.1 Å². The number of hydrogen-bond donors (Lipinski definition) is 2. The van der Waals surface area contributed by atoms with E-state index in [0.29, 0.717) is 22.6 Å². The van der Waals surface area contributed by atoms with Crippen LogP contribution in [0.4, 0.5) is 11.4 Å². The summed E-state index contributed by atoms with van der Waals surface area (Å²) < 4.78 is 6.78. The Hall–Kier alpha value is -4.54. The molecule has 1 aromatic heterocycles. The molecule has 0 spiro atoms. The topological polar surface area (TPSA) is 141 Å². The largest absolute Gasteiger partial charge is 0.496 e. The van der Waals surface area contributed by atoms with Crippen molar-refractivity contribution in [3.63, 3.8) is 0 Å². The lowest BCUT2D eigenvalue weighted by atomic mass is 10.1. The van der Waals surface area contributed by atoms with Crippen molar-refractivity contribution in [2.45, 2.75) is 13.5 Å². The summed E-state index contributed by atoms with van der Waals surface area (Å²) in [5.41, 5.74) is 4.72. The molecule has 11 nitrogen and oxygen atoms in total. The van der Waals surface area contributed by atoms with Crippen molar-refractivity contribution >= 4 is 29.4 Å². The fourth-order valence-electron chi connectivity index (χ4n) is 2.85. The summed E-state index contributed by atoms with van der Waals surface area (Å²) in [7, 11) is 1.52. The fraction of sp³-hybridized carbons (Fsp3) is 0.143. The summed E-state index contributed by atoms with van der Waals surface area (Å²) in [5, 5.41) is 21.4. The van der Waals surface area contributed by atoms with Crippen LogP contribution in [0.5, 0.6) is 5.75 Å². The van der Waals surface area contributed by atoms with E-state index in [9.17, 15) is 19.7 Å². The Morgan fingerprint density at radius 2 is 2.00 bits per heavy atom. The van der Waals surface area contributed by atoms with Gasteiger partial charge in [0.25, 0.3) is 5.91 Å². The molecule has 164 valence electrons. The van der Waals surface area contributed by atoms with E-state index in [0.717, 1.165) is 5.56 Å². The average Bonchev–Trinajstić information content (AvgIpc) is 3.23. The van der Waals surface area contributed by atoms with E-state index >= 15 is 0 Å². The van der Waals surface area contributed by atoms with Crippen molar-refractivity contribution in [2.75, 3.05) is 12.4 Å². The molecule has 3 aromatic rings. The van der Waals surface area contributed by atoms with Gasteiger partial charge in [0.05, 0.1) is 24.8 Å². The second-order valence-electron chi connectivity index (χ2n) is 6.68. The Balaban J connectivity index is 1.67. The van der Waals surface area contributed by atoms with Crippen LogP contribution in [0, 0.1) is 10.1 Å². The highest BCUT2D eigenvalue weighted by molar-refractivity contribution is 5.96. The third-order valence-electron chi connectivity index (χ3n) is 4.31. The number of carbonyl (C=O) groups excluding carboxylic acids is 2. The molecule has 0 unspecified atom stereocenters. The summed E-state index contributed by atoms with van der Waals surface area (Å²) in [6, 6.07) is 11.7. The third-order valence-corrected chi connectivity index (χ3v) is 4.31. The van der Waals surface area contributed by atoms with Crippen LogP contribution < -0.4 is 15.5 Å². The van der Waals surface area contributed by atoms with E-state index in [1.807, 2.05) is 0 Å². The van der Waals surface area contributed by atoms with Gasteiger partial charge in [0, 0.05) is 23.7 Å². The summed E-state index contributed by atoms with van der Waals surface area (Å²) in [5.74, 6) is -0.0201. The van der Waals surface area contributed by atoms with E-state index in [2.05, 4.69) is 20.9 Å². The molecule has 2 amide bonds. The second kappa shape index (κ2) is 9.98. The quantitative estimate of drug-likeness (QED) is 0.316. The van der Waals surface area contributed by atoms with Crippen molar-refractivity contribution in [3.8, 4) is 5.75 Å². The molecule has 2 N–H and O–H groups in total. The minimum atomic E-state index is -0.514. The summed E-state index contributed by atoms with van der Waals surface area (Å²) in [6.45, 7) is 1.66. The van der Waals surface area contributed by atoms with E-state index in [1.54, 1.807) is 42.5 Å². The highest BCUT2D eigenvalue weighted by Gasteiger charge is 2.11. The lowest BCUT2D eigenvalue weighted by Crippen LogP contribution is -2.17.